The van der Waals surface area contributed by atoms with E-state index >= 15 is 0 Å². The Hall–Kier alpha value is -1.97. The quantitative estimate of drug-likeness (QED) is 0.840. The predicted octanol–water partition coefficient (Wildman–Crippen LogP) is 2.72. The summed E-state index contributed by atoms with van der Waals surface area (Å²) in [7, 11) is 3.54. The summed E-state index contributed by atoms with van der Waals surface area (Å²) >= 11 is 0. The average molecular weight is 260 g/mol. The molecule has 4 nitrogen and oxygen atoms in total. The summed E-state index contributed by atoms with van der Waals surface area (Å²) in [6.45, 7) is 2.82. The second-order valence-electron chi connectivity index (χ2n) is 4.59. The van der Waals surface area contributed by atoms with Gasteiger partial charge in [-0.15, -0.1) is 0 Å². The number of unbranched alkanes of at least 4 members (excludes halogenated alkanes) is 1. The fourth-order valence-corrected chi connectivity index (χ4v) is 2.20. The average Bonchev–Trinajstić information content (AvgIpc) is 2.76. The second-order valence-corrected chi connectivity index (χ2v) is 4.59. The normalized spacial score (nSPS) is 10.7. The maximum atomic E-state index is 12.1. The maximum Gasteiger partial charge on any atom is 0.267 e. The molecule has 1 N–H and O–H groups in total. The van der Waals surface area contributed by atoms with Crippen LogP contribution in [0.15, 0.2) is 24.3 Å². The van der Waals surface area contributed by atoms with Crippen molar-refractivity contribution in [2.45, 2.75) is 19.8 Å². The monoisotopic (exact) mass is 260 g/mol. The number of fused-ring (bicyclic) bond motifs is 1. The van der Waals surface area contributed by atoms with Crippen LogP contribution in [0, 0.1) is 0 Å². The summed E-state index contributed by atoms with van der Waals surface area (Å²) in [4.78, 5) is 12.1. The molecule has 1 aromatic carbocycles. The van der Waals surface area contributed by atoms with E-state index in [0.29, 0.717) is 12.2 Å². The highest BCUT2D eigenvalue weighted by Gasteiger charge is 2.14. The first kappa shape index (κ1) is 13.5. The van der Waals surface area contributed by atoms with Crippen molar-refractivity contribution in [2.75, 3.05) is 13.7 Å². The van der Waals surface area contributed by atoms with Crippen molar-refractivity contribution in [2.24, 2.45) is 7.05 Å². The number of ether oxygens (including phenoxy) is 1. The fourth-order valence-electron chi connectivity index (χ4n) is 2.20. The van der Waals surface area contributed by atoms with E-state index in [2.05, 4.69) is 12.2 Å². The van der Waals surface area contributed by atoms with Crippen LogP contribution >= 0.6 is 0 Å². The summed E-state index contributed by atoms with van der Waals surface area (Å²) in [5.41, 5.74) is 1.66. The molecule has 0 aliphatic carbocycles. The number of nitrogens with zero attached hydrogens (tertiary/aromatic N) is 1. The van der Waals surface area contributed by atoms with E-state index in [4.69, 9.17) is 4.74 Å². The van der Waals surface area contributed by atoms with Crippen molar-refractivity contribution in [3.63, 3.8) is 0 Å². The molecule has 2 aromatic rings. The molecule has 0 fully saturated rings. The Bertz CT molecular complexity index is 587. The lowest BCUT2D eigenvalue weighted by molar-refractivity contribution is 0.0945. The summed E-state index contributed by atoms with van der Waals surface area (Å²) in [5.74, 6) is 0.759. The highest BCUT2D eigenvalue weighted by atomic mass is 16.5. The molecule has 0 unspecified atom stereocenters. The van der Waals surface area contributed by atoms with Crippen LogP contribution < -0.4 is 10.1 Å². The largest absolute Gasteiger partial charge is 0.496 e. The Kier molecular flexibility index (Phi) is 4.10. The Morgan fingerprint density at radius 2 is 2.21 bits per heavy atom. The Morgan fingerprint density at radius 3 is 2.89 bits per heavy atom. The summed E-state index contributed by atoms with van der Waals surface area (Å²) in [6.07, 6.45) is 2.07. The first-order valence-electron chi connectivity index (χ1n) is 6.59. The van der Waals surface area contributed by atoms with Gasteiger partial charge in [-0.25, -0.2) is 0 Å². The summed E-state index contributed by atoms with van der Waals surface area (Å²) in [6, 6.07) is 7.71. The molecule has 2 rings (SSSR count). The van der Waals surface area contributed by atoms with Gasteiger partial charge in [0.1, 0.15) is 11.4 Å². The fraction of sp³-hybridized carbons (Fsp3) is 0.400. The Morgan fingerprint density at radius 1 is 1.42 bits per heavy atom. The second kappa shape index (κ2) is 5.78. The third kappa shape index (κ3) is 2.57. The molecule has 0 bridgehead atoms. The van der Waals surface area contributed by atoms with Gasteiger partial charge in [0.2, 0.25) is 0 Å². The molecule has 0 spiro atoms. The van der Waals surface area contributed by atoms with Gasteiger partial charge in [0.25, 0.3) is 5.91 Å². The molecule has 0 atom stereocenters. The number of rotatable bonds is 5. The number of hydrogen-bond donors (Lipinski definition) is 1. The number of methoxy groups -OCH3 is 1. The SMILES string of the molecule is CCCCNC(=O)c1cc2c(OC)cccc2n1C. The van der Waals surface area contributed by atoms with Gasteiger partial charge in [-0.05, 0) is 24.6 Å². The zero-order chi connectivity index (χ0) is 13.8. The number of carbonyl (C=O) groups excluding carboxylic acids is 1. The van der Waals surface area contributed by atoms with E-state index in [0.717, 1.165) is 29.5 Å². The number of aromatic nitrogens is 1. The van der Waals surface area contributed by atoms with Crippen LogP contribution in [0.25, 0.3) is 10.9 Å². The van der Waals surface area contributed by atoms with Gasteiger partial charge in [-0.1, -0.05) is 19.4 Å². The number of carbonyl (C=O) groups is 1. The maximum absolute atomic E-state index is 12.1. The highest BCUT2D eigenvalue weighted by Crippen LogP contribution is 2.27. The van der Waals surface area contributed by atoms with Gasteiger partial charge in [0.05, 0.1) is 12.6 Å². The van der Waals surface area contributed by atoms with Crippen molar-refractivity contribution in [1.82, 2.24) is 9.88 Å². The first-order chi connectivity index (χ1) is 9.19. The minimum atomic E-state index is -0.0331. The van der Waals surface area contributed by atoms with E-state index in [1.807, 2.05) is 35.9 Å². The highest BCUT2D eigenvalue weighted by molar-refractivity contribution is 6.00. The van der Waals surface area contributed by atoms with Crippen molar-refractivity contribution < 1.29 is 9.53 Å². The van der Waals surface area contributed by atoms with E-state index < -0.39 is 0 Å². The van der Waals surface area contributed by atoms with Gasteiger partial charge >= 0.3 is 0 Å². The lowest BCUT2D eigenvalue weighted by Gasteiger charge is -2.05. The molecule has 0 radical (unpaired) electrons. The van der Waals surface area contributed by atoms with Gasteiger partial charge < -0.3 is 14.6 Å². The van der Waals surface area contributed by atoms with Crippen molar-refractivity contribution in [3.05, 3.63) is 30.0 Å². The predicted molar refractivity (Wildman–Crippen MR) is 76.7 cm³/mol. The van der Waals surface area contributed by atoms with Crippen LogP contribution in [0.1, 0.15) is 30.3 Å². The van der Waals surface area contributed by atoms with Gasteiger partial charge in [-0.2, -0.15) is 0 Å². The van der Waals surface area contributed by atoms with E-state index in [9.17, 15) is 4.79 Å². The Balaban J connectivity index is 2.34. The van der Waals surface area contributed by atoms with Crippen LogP contribution in [-0.4, -0.2) is 24.1 Å². The lowest BCUT2D eigenvalue weighted by atomic mass is 10.2. The summed E-state index contributed by atoms with van der Waals surface area (Å²) in [5, 5.41) is 3.90. The molecule has 1 heterocycles. The van der Waals surface area contributed by atoms with Crippen LogP contribution in [0.3, 0.4) is 0 Å². The van der Waals surface area contributed by atoms with Crippen LogP contribution in [-0.2, 0) is 7.05 Å². The smallest absolute Gasteiger partial charge is 0.267 e. The topological polar surface area (TPSA) is 43.3 Å². The third-order valence-corrected chi connectivity index (χ3v) is 3.32. The number of nitrogens with one attached hydrogen (secondary N) is 1. The Labute approximate surface area is 113 Å². The number of hydrogen-bond acceptors (Lipinski definition) is 2. The van der Waals surface area contributed by atoms with Crippen molar-refractivity contribution in [3.8, 4) is 5.75 Å². The molecule has 4 heteroatoms. The number of benzene rings is 1. The standard InChI is InChI=1S/C15H20N2O2/c1-4-5-9-16-15(18)13-10-11-12(17(13)2)7-6-8-14(11)19-3/h6-8,10H,4-5,9H2,1-3H3,(H,16,18). The summed E-state index contributed by atoms with van der Waals surface area (Å²) < 4.78 is 7.23. The molecule has 0 aliphatic rings. The van der Waals surface area contributed by atoms with Gasteiger partial charge in [0.15, 0.2) is 0 Å². The van der Waals surface area contributed by atoms with Crippen LogP contribution in [0.4, 0.5) is 0 Å². The number of amides is 1. The minimum absolute atomic E-state index is 0.0331. The first-order valence-corrected chi connectivity index (χ1v) is 6.59. The molecule has 0 saturated carbocycles. The zero-order valence-electron chi connectivity index (χ0n) is 11.7. The molecule has 102 valence electrons. The number of aryl methyl sites for hydroxylation is 1. The van der Waals surface area contributed by atoms with E-state index in [1.54, 1.807) is 7.11 Å². The van der Waals surface area contributed by atoms with Crippen molar-refractivity contribution >= 4 is 16.8 Å². The molecule has 1 amide bonds. The molecular weight excluding hydrogens is 240 g/mol. The van der Waals surface area contributed by atoms with Crippen LogP contribution in [0.2, 0.25) is 0 Å². The molecular formula is C15H20N2O2. The lowest BCUT2D eigenvalue weighted by Crippen LogP contribution is -2.26. The van der Waals surface area contributed by atoms with E-state index in [-0.39, 0.29) is 5.91 Å². The zero-order valence-corrected chi connectivity index (χ0v) is 11.7. The molecule has 19 heavy (non-hydrogen) atoms. The molecule has 0 aliphatic heterocycles. The third-order valence-electron chi connectivity index (χ3n) is 3.32. The van der Waals surface area contributed by atoms with Gasteiger partial charge in [-0.3, -0.25) is 4.79 Å². The minimum Gasteiger partial charge on any atom is -0.496 e. The van der Waals surface area contributed by atoms with E-state index in [1.165, 1.54) is 0 Å². The van der Waals surface area contributed by atoms with Crippen LogP contribution in [0.5, 0.6) is 5.75 Å². The van der Waals surface area contributed by atoms with Crippen molar-refractivity contribution in [1.29, 1.82) is 0 Å². The molecule has 0 saturated heterocycles. The molecule has 1 aromatic heterocycles. The van der Waals surface area contributed by atoms with Gasteiger partial charge in [0, 0.05) is 19.0 Å².